The molecule has 0 aliphatic heterocycles. The number of thiazole rings is 1. The van der Waals surface area contributed by atoms with Crippen molar-refractivity contribution < 1.29 is 0 Å². The molecule has 1 N–H and O–H groups in total. The van der Waals surface area contributed by atoms with E-state index in [9.17, 15) is 0 Å². The molecule has 0 aromatic carbocycles. The maximum Gasteiger partial charge on any atom is 0.0897 e. The largest absolute Gasteiger partial charge is 0.310 e. The lowest BCUT2D eigenvalue weighted by atomic mass is 10.2. The molecule has 0 radical (unpaired) electrons. The van der Waals surface area contributed by atoms with Crippen molar-refractivity contribution in [2.24, 2.45) is 0 Å². The Balaban J connectivity index is 0.00000225. The fourth-order valence-electron chi connectivity index (χ4n) is 1.55. The monoisotopic (exact) mass is 263 g/mol. The number of aromatic nitrogens is 1. The lowest BCUT2D eigenvalue weighted by Gasteiger charge is -2.22. The van der Waals surface area contributed by atoms with Gasteiger partial charge in [-0.25, -0.2) is 4.98 Å². The highest BCUT2D eigenvalue weighted by atomic mass is 35.5. The lowest BCUT2D eigenvalue weighted by Crippen LogP contribution is -2.37. The van der Waals surface area contributed by atoms with Gasteiger partial charge < -0.3 is 10.2 Å². The molecule has 16 heavy (non-hydrogen) atoms. The van der Waals surface area contributed by atoms with Crippen LogP contribution in [-0.4, -0.2) is 36.6 Å². The van der Waals surface area contributed by atoms with Gasteiger partial charge in [0.15, 0.2) is 0 Å². The van der Waals surface area contributed by atoms with Crippen LogP contribution in [0.1, 0.15) is 24.0 Å². The van der Waals surface area contributed by atoms with E-state index in [-0.39, 0.29) is 12.4 Å². The van der Waals surface area contributed by atoms with Crippen LogP contribution in [0.15, 0.2) is 5.38 Å². The molecule has 0 spiro atoms. The van der Waals surface area contributed by atoms with Gasteiger partial charge in [-0.15, -0.1) is 23.7 Å². The first-order valence-electron chi connectivity index (χ1n) is 5.41. The van der Waals surface area contributed by atoms with Gasteiger partial charge in [0.25, 0.3) is 0 Å². The molecule has 1 aromatic heterocycles. The zero-order chi connectivity index (χ0) is 11.3. The summed E-state index contributed by atoms with van der Waals surface area (Å²) in [4.78, 5) is 6.68. The second-order valence-corrected chi connectivity index (χ2v) is 5.08. The highest BCUT2D eigenvalue weighted by Crippen LogP contribution is 2.07. The van der Waals surface area contributed by atoms with Gasteiger partial charge in [-0.3, -0.25) is 0 Å². The van der Waals surface area contributed by atoms with Crippen molar-refractivity contribution in [2.75, 3.05) is 20.6 Å². The molecule has 1 atom stereocenters. The molecule has 1 unspecified atom stereocenters. The van der Waals surface area contributed by atoms with Crippen LogP contribution < -0.4 is 5.32 Å². The quantitative estimate of drug-likeness (QED) is 0.854. The van der Waals surface area contributed by atoms with Crippen molar-refractivity contribution in [1.82, 2.24) is 15.2 Å². The molecule has 0 saturated heterocycles. The molecule has 94 valence electrons. The Hall–Kier alpha value is -0.160. The van der Waals surface area contributed by atoms with Crippen molar-refractivity contribution in [2.45, 2.75) is 32.9 Å². The second-order valence-electron chi connectivity index (χ2n) is 4.01. The number of rotatable bonds is 6. The molecule has 1 heterocycles. The normalized spacial score (nSPS) is 12.6. The minimum Gasteiger partial charge on any atom is -0.310 e. The van der Waals surface area contributed by atoms with Crippen molar-refractivity contribution in [1.29, 1.82) is 0 Å². The molecule has 0 saturated carbocycles. The minimum atomic E-state index is 0. The molecule has 0 bridgehead atoms. The summed E-state index contributed by atoms with van der Waals surface area (Å²) >= 11 is 1.71. The third-order valence-electron chi connectivity index (χ3n) is 2.55. The molecular weight excluding hydrogens is 242 g/mol. The van der Waals surface area contributed by atoms with Gasteiger partial charge in [0.1, 0.15) is 0 Å². The van der Waals surface area contributed by atoms with E-state index < -0.39 is 0 Å². The Morgan fingerprint density at radius 1 is 1.50 bits per heavy atom. The molecule has 1 rings (SSSR count). The van der Waals surface area contributed by atoms with Crippen LogP contribution in [0.2, 0.25) is 0 Å². The Kier molecular flexibility index (Phi) is 7.93. The molecule has 3 nitrogen and oxygen atoms in total. The maximum absolute atomic E-state index is 4.42. The zero-order valence-electron chi connectivity index (χ0n) is 10.5. The predicted molar refractivity (Wildman–Crippen MR) is 73.6 cm³/mol. The summed E-state index contributed by atoms with van der Waals surface area (Å²) in [6.07, 6.45) is 1.18. The number of nitrogens with zero attached hydrogens (tertiary/aromatic N) is 2. The number of halogens is 1. The third-order valence-corrected chi connectivity index (χ3v) is 3.38. The van der Waals surface area contributed by atoms with Crippen LogP contribution in [0.5, 0.6) is 0 Å². The van der Waals surface area contributed by atoms with Gasteiger partial charge in [-0.1, -0.05) is 6.92 Å². The van der Waals surface area contributed by atoms with Crippen molar-refractivity contribution in [3.05, 3.63) is 16.1 Å². The summed E-state index contributed by atoms with van der Waals surface area (Å²) in [5, 5.41) is 6.72. The van der Waals surface area contributed by atoms with Crippen LogP contribution in [0.4, 0.5) is 0 Å². The Bertz CT molecular complexity index is 289. The predicted octanol–water partition coefficient (Wildman–Crippen LogP) is 2.30. The number of hydrogen-bond donors (Lipinski definition) is 1. The fourth-order valence-corrected chi connectivity index (χ4v) is 2.16. The first-order valence-corrected chi connectivity index (χ1v) is 6.29. The van der Waals surface area contributed by atoms with Crippen molar-refractivity contribution in [3.8, 4) is 0 Å². The molecule has 0 aliphatic carbocycles. The van der Waals surface area contributed by atoms with Gasteiger partial charge in [0.05, 0.1) is 10.7 Å². The van der Waals surface area contributed by atoms with Crippen LogP contribution in [0, 0.1) is 6.92 Å². The summed E-state index contributed by atoms with van der Waals surface area (Å²) in [5.74, 6) is 0. The van der Waals surface area contributed by atoms with E-state index in [1.54, 1.807) is 11.3 Å². The summed E-state index contributed by atoms with van der Waals surface area (Å²) < 4.78 is 0. The Morgan fingerprint density at radius 3 is 2.62 bits per heavy atom. The Labute approximate surface area is 109 Å². The molecule has 0 aliphatic rings. The van der Waals surface area contributed by atoms with E-state index in [0.717, 1.165) is 23.8 Å². The fraction of sp³-hybridized carbons (Fsp3) is 0.727. The molecule has 1 aromatic rings. The third kappa shape index (κ3) is 5.25. The number of aryl methyl sites for hydroxylation is 1. The van der Waals surface area contributed by atoms with Crippen LogP contribution in [0.25, 0.3) is 0 Å². The topological polar surface area (TPSA) is 28.2 Å². The first-order chi connectivity index (χ1) is 7.13. The minimum absolute atomic E-state index is 0. The standard InChI is InChI=1S/C11H21N3S.ClH/c1-5-11(14(3)4)7-12-6-10-8-15-9(2)13-10;/h8,11-12H,5-7H2,1-4H3;1H. The van der Waals surface area contributed by atoms with Crippen LogP contribution >= 0.6 is 23.7 Å². The van der Waals surface area contributed by atoms with E-state index in [4.69, 9.17) is 0 Å². The van der Waals surface area contributed by atoms with Gasteiger partial charge in [0, 0.05) is 24.5 Å². The van der Waals surface area contributed by atoms with Crippen LogP contribution in [0.3, 0.4) is 0 Å². The highest BCUT2D eigenvalue weighted by molar-refractivity contribution is 7.09. The first kappa shape index (κ1) is 15.8. The SMILES string of the molecule is CCC(CNCc1csc(C)n1)N(C)C.Cl. The summed E-state index contributed by atoms with van der Waals surface area (Å²) in [6, 6.07) is 0.615. The number of hydrogen-bond acceptors (Lipinski definition) is 4. The van der Waals surface area contributed by atoms with Crippen LogP contribution in [-0.2, 0) is 6.54 Å². The van der Waals surface area contributed by atoms with E-state index >= 15 is 0 Å². The average molecular weight is 264 g/mol. The molecule has 5 heteroatoms. The second kappa shape index (κ2) is 8.01. The summed E-state index contributed by atoms with van der Waals surface area (Å²) in [5.41, 5.74) is 1.16. The smallest absolute Gasteiger partial charge is 0.0897 e. The van der Waals surface area contributed by atoms with Gasteiger partial charge in [-0.2, -0.15) is 0 Å². The molecule has 0 amide bonds. The van der Waals surface area contributed by atoms with E-state index in [0.29, 0.717) is 6.04 Å². The van der Waals surface area contributed by atoms with Gasteiger partial charge in [-0.05, 0) is 27.4 Å². The van der Waals surface area contributed by atoms with Crippen molar-refractivity contribution >= 4 is 23.7 Å². The highest BCUT2D eigenvalue weighted by Gasteiger charge is 2.07. The van der Waals surface area contributed by atoms with E-state index in [1.807, 2.05) is 6.92 Å². The van der Waals surface area contributed by atoms with Gasteiger partial charge in [0.2, 0.25) is 0 Å². The maximum atomic E-state index is 4.42. The lowest BCUT2D eigenvalue weighted by molar-refractivity contribution is 0.275. The summed E-state index contributed by atoms with van der Waals surface area (Å²) in [7, 11) is 4.26. The number of nitrogens with one attached hydrogen (secondary N) is 1. The van der Waals surface area contributed by atoms with E-state index in [1.165, 1.54) is 6.42 Å². The van der Waals surface area contributed by atoms with Gasteiger partial charge >= 0.3 is 0 Å². The molecule has 0 fully saturated rings. The number of likely N-dealkylation sites (N-methyl/N-ethyl adjacent to an activating group) is 1. The summed E-state index contributed by atoms with van der Waals surface area (Å²) in [6.45, 7) is 6.18. The van der Waals surface area contributed by atoms with E-state index in [2.05, 4.69) is 41.6 Å². The van der Waals surface area contributed by atoms with Crippen molar-refractivity contribution in [3.63, 3.8) is 0 Å². The Morgan fingerprint density at radius 2 is 2.19 bits per heavy atom. The molecular formula is C11H22ClN3S. The average Bonchev–Trinajstić information content (AvgIpc) is 2.58. The zero-order valence-corrected chi connectivity index (χ0v) is 12.1.